The molecule has 3 rings (SSSR count). The van der Waals surface area contributed by atoms with E-state index >= 15 is 0 Å². The number of benzene rings is 1. The number of aryl methyl sites for hydroxylation is 2. The van der Waals surface area contributed by atoms with Crippen LogP contribution in [-0.2, 0) is 12.8 Å². The van der Waals surface area contributed by atoms with Gasteiger partial charge in [0.15, 0.2) is 0 Å². The standard InChI is InChI=1S/C17H24N2O/c1-11-6-9-16(12(2)18-11)19-17(20)15-8-7-13-4-3-5-14(13)10-15/h7-8,10-12,16,18H,3-6,9H2,1-2H3,(H,19,20). The summed E-state index contributed by atoms with van der Waals surface area (Å²) in [5, 5.41) is 6.71. The summed E-state index contributed by atoms with van der Waals surface area (Å²) in [6, 6.07) is 7.33. The zero-order valence-corrected chi connectivity index (χ0v) is 12.4. The lowest BCUT2D eigenvalue weighted by Crippen LogP contribution is -2.54. The van der Waals surface area contributed by atoms with Crippen molar-refractivity contribution in [3.63, 3.8) is 0 Å². The van der Waals surface area contributed by atoms with Crippen molar-refractivity contribution < 1.29 is 4.79 Å². The zero-order valence-electron chi connectivity index (χ0n) is 12.4. The smallest absolute Gasteiger partial charge is 0.251 e. The van der Waals surface area contributed by atoms with Crippen molar-refractivity contribution in [3.05, 3.63) is 34.9 Å². The second-order valence-corrected chi connectivity index (χ2v) is 6.35. The summed E-state index contributed by atoms with van der Waals surface area (Å²) in [7, 11) is 0. The maximum absolute atomic E-state index is 12.4. The summed E-state index contributed by atoms with van der Waals surface area (Å²) in [6.07, 6.45) is 5.70. The molecule has 1 saturated heterocycles. The van der Waals surface area contributed by atoms with E-state index < -0.39 is 0 Å². The average molecular weight is 272 g/mol. The van der Waals surface area contributed by atoms with E-state index in [2.05, 4.69) is 36.6 Å². The second kappa shape index (κ2) is 5.57. The molecule has 20 heavy (non-hydrogen) atoms. The van der Waals surface area contributed by atoms with Crippen molar-refractivity contribution in [1.82, 2.24) is 10.6 Å². The predicted octanol–water partition coefficient (Wildman–Crippen LogP) is 2.43. The number of rotatable bonds is 2. The molecule has 2 aliphatic rings. The Hall–Kier alpha value is -1.35. The molecule has 1 aliphatic heterocycles. The van der Waals surface area contributed by atoms with E-state index in [9.17, 15) is 4.79 Å². The van der Waals surface area contributed by atoms with Crippen LogP contribution in [0.1, 0.15) is 54.6 Å². The molecule has 3 nitrogen and oxygen atoms in total. The molecular weight excluding hydrogens is 248 g/mol. The van der Waals surface area contributed by atoms with Gasteiger partial charge in [0, 0.05) is 23.7 Å². The Morgan fingerprint density at radius 2 is 2.00 bits per heavy atom. The lowest BCUT2D eigenvalue weighted by molar-refractivity contribution is 0.0914. The number of hydrogen-bond acceptors (Lipinski definition) is 2. The number of hydrogen-bond donors (Lipinski definition) is 2. The van der Waals surface area contributed by atoms with E-state index in [0.29, 0.717) is 12.1 Å². The fraction of sp³-hybridized carbons (Fsp3) is 0.588. The minimum atomic E-state index is 0.0768. The Morgan fingerprint density at radius 1 is 1.20 bits per heavy atom. The van der Waals surface area contributed by atoms with Crippen molar-refractivity contribution in [2.24, 2.45) is 0 Å². The normalized spacial score (nSPS) is 29.0. The quantitative estimate of drug-likeness (QED) is 0.868. The number of piperidine rings is 1. The second-order valence-electron chi connectivity index (χ2n) is 6.35. The summed E-state index contributed by atoms with van der Waals surface area (Å²) >= 11 is 0. The Bertz CT molecular complexity index is 512. The SMILES string of the molecule is CC1CCC(NC(=O)c2ccc3c(c2)CCC3)C(C)N1. The number of fused-ring (bicyclic) bond motifs is 1. The fourth-order valence-electron chi connectivity index (χ4n) is 3.49. The highest BCUT2D eigenvalue weighted by Crippen LogP contribution is 2.23. The van der Waals surface area contributed by atoms with Gasteiger partial charge in [0.25, 0.3) is 5.91 Å². The largest absolute Gasteiger partial charge is 0.348 e. The van der Waals surface area contributed by atoms with Crippen LogP contribution in [0.25, 0.3) is 0 Å². The van der Waals surface area contributed by atoms with E-state index in [0.717, 1.165) is 24.8 Å². The topological polar surface area (TPSA) is 41.1 Å². The first-order valence-corrected chi connectivity index (χ1v) is 7.82. The predicted molar refractivity (Wildman–Crippen MR) is 81.0 cm³/mol. The van der Waals surface area contributed by atoms with E-state index in [1.165, 1.54) is 24.0 Å². The van der Waals surface area contributed by atoms with Crippen LogP contribution in [0, 0.1) is 0 Å². The Morgan fingerprint density at radius 3 is 2.80 bits per heavy atom. The van der Waals surface area contributed by atoms with E-state index in [1.54, 1.807) is 0 Å². The van der Waals surface area contributed by atoms with Crippen LogP contribution in [0.4, 0.5) is 0 Å². The molecule has 0 radical (unpaired) electrons. The summed E-state index contributed by atoms with van der Waals surface area (Å²) in [6.45, 7) is 4.36. The molecule has 3 unspecified atom stereocenters. The van der Waals surface area contributed by atoms with Crippen LogP contribution in [0.2, 0.25) is 0 Å². The lowest BCUT2D eigenvalue weighted by atomic mass is 9.95. The molecular formula is C17H24N2O. The highest BCUT2D eigenvalue weighted by molar-refractivity contribution is 5.94. The number of carbonyl (C=O) groups is 1. The van der Waals surface area contributed by atoms with Gasteiger partial charge in [0.1, 0.15) is 0 Å². The zero-order chi connectivity index (χ0) is 14.1. The first kappa shape index (κ1) is 13.6. The van der Waals surface area contributed by atoms with E-state index in [4.69, 9.17) is 0 Å². The van der Waals surface area contributed by atoms with Crippen molar-refractivity contribution in [2.75, 3.05) is 0 Å². The summed E-state index contributed by atoms with van der Waals surface area (Å²) in [5.41, 5.74) is 3.60. The third kappa shape index (κ3) is 2.73. The third-order valence-electron chi connectivity index (χ3n) is 4.74. The summed E-state index contributed by atoms with van der Waals surface area (Å²) in [4.78, 5) is 12.4. The van der Waals surface area contributed by atoms with Crippen molar-refractivity contribution in [1.29, 1.82) is 0 Å². The van der Waals surface area contributed by atoms with Crippen LogP contribution >= 0.6 is 0 Å². The first-order valence-electron chi connectivity index (χ1n) is 7.82. The average Bonchev–Trinajstić information content (AvgIpc) is 2.89. The number of nitrogens with one attached hydrogen (secondary N) is 2. The summed E-state index contributed by atoms with van der Waals surface area (Å²) < 4.78 is 0. The Balaban J connectivity index is 1.67. The van der Waals surface area contributed by atoms with Crippen molar-refractivity contribution >= 4 is 5.91 Å². The molecule has 2 N–H and O–H groups in total. The minimum Gasteiger partial charge on any atom is -0.348 e. The molecule has 1 fully saturated rings. The van der Waals surface area contributed by atoms with Crippen LogP contribution in [-0.4, -0.2) is 24.0 Å². The maximum atomic E-state index is 12.4. The molecule has 0 spiro atoms. The molecule has 1 amide bonds. The highest BCUT2D eigenvalue weighted by Gasteiger charge is 2.26. The monoisotopic (exact) mass is 272 g/mol. The Kier molecular flexibility index (Phi) is 3.79. The van der Waals surface area contributed by atoms with Crippen LogP contribution in [0.3, 0.4) is 0 Å². The van der Waals surface area contributed by atoms with Gasteiger partial charge < -0.3 is 10.6 Å². The maximum Gasteiger partial charge on any atom is 0.251 e. The van der Waals surface area contributed by atoms with Gasteiger partial charge in [-0.25, -0.2) is 0 Å². The van der Waals surface area contributed by atoms with Gasteiger partial charge in [-0.1, -0.05) is 6.07 Å². The molecule has 0 saturated carbocycles. The molecule has 1 aromatic rings. The number of carbonyl (C=O) groups excluding carboxylic acids is 1. The van der Waals surface area contributed by atoms with Crippen molar-refractivity contribution in [2.45, 2.75) is 64.1 Å². The highest BCUT2D eigenvalue weighted by atomic mass is 16.1. The van der Waals surface area contributed by atoms with Gasteiger partial charge in [-0.2, -0.15) is 0 Å². The van der Waals surface area contributed by atoms with Gasteiger partial charge in [0.05, 0.1) is 0 Å². The molecule has 1 heterocycles. The molecule has 108 valence electrons. The lowest BCUT2D eigenvalue weighted by Gasteiger charge is -2.34. The van der Waals surface area contributed by atoms with Gasteiger partial charge >= 0.3 is 0 Å². The third-order valence-corrected chi connectivity index (χ3v) is 4.74. The first-order chi connectivity index (χ1) is 9.63. The number of amides is 1. The fourth-order valence-corrected chi connectivity index (χ4v) is 3.49. The van der Waals surface area contributed by atoms with Crippen LogP contribution < -0.4 is 10.6 Å². The van der Waals surface area contributed by atoms with E-state index in [1.807, 2.05) is 6.07 Å². The molecule has 1 aromatic carbocycles. The summed E-state index contributed by atoms with van der Waals surface area (Å²) in [5.74, 6) is 0.0768. The van der Waals surface area contributed by atoms with Gasteiger partial charge in [-0.05, 0) is 69.2 Å². The van der Waals surface area contributed by atoms with Crippen LogP contribution in [0.5, 0.6) is 0 Å². The molecule has 0 aromatic heterocycles. The molecule has 0 bridgehead atoms. The molecule has 3 heteroatoms. The van der Waals surface area contributed by atoms with Gasteiger partial charge in [-0.3, -0.25) is 4.79 Å². The van der Waals surface area contributed by atoms with E-state index in [-0.39, 0.29) is 11.9 Å². The van der Waals surface area contributed by atoms with Crippen molar-refractivity contribution in [3.8, 4) is 0 Å². The van der Waals surface area contributed by atoms with Crippen LogP contribution in [0.15, 0.2) is 18.2 Å². The Labute approximate surface area is 121 Å². The van der Waals surface area contributed by atoms with Gasteiger partial charge in [0.2, 0.25) is 0 Å². The molecule has 1 aliphatic carbocycles. The van der Waals surface area contributed by atoms with Gasteiger partial charge in [-0.15, -0.1) is 0 Å². The minimum absolute atomic E-state index is 0.0768. The molecule has 3 atom stereocenters.